The summed E-state index contributed by atoms with van der Waals surface area (Å²) in [5, 5.41) is 9.21. The number of carbonyl (C=O) groups excluding carboxylic acids is 1. The topological polar surface area (TPSA) is 70.8 Å². The monoisotopic (exact) mass is 279 g/mol. The maximum Gasteiger partial charge on any atom is 0.311 e. The Labute approximate surface area is 118 Å². The molecule has 1 aromatic rings. The SMILES string of the molecule is CCc1cc(C(=O)N2CCC(C)(C(=O)O)C2)oc1CC. The second-order valence-corrected chi connectivity index (χ2v) is 5.61. The lowest BCUT2D eigenvalue weighted by atomic mass is 9.90. The maximum atomic E-state index is 12.4. The fourth-order valence-corrected chi connectivity index (χ4v) is 2.64. The first-order valence-electron chi connectivity index (χ1n) is 7.05. The average Bonchev–Trinajstić information content (AvgIpc) is 3.02. The van der Waals surface area contributed by atoms with Crippen LogP contribution in [0.25, 0.3) is 0 Å². The molecular weight excluding hydrogens is 258 g/mol. The van der Waals surface area contributed by atoms with Gasteiger partial charge in [0.1, 0.15) is 5.76 Å². The van der Waals surface area contributed by atoms with Crippen LogP contribution in [0.2, 0.25) is 0 Å². The van der Waals surface area contributed by atoms with Gasteiger partial charge in [-0.3, -0.25) is 9.59 Å². The van der Waals surface area contributed by atoms with Gasteiger partial charge in [-0.2, -0.15) is 0 Å². The van der Waals surface area contributed by atoms with Crippen LogP contribution in [0.1, 0.15) is 49.1 Å². The average molecular weight is 279 g/mol. The minimum absolute atomic E-state index is 0.204. The lowest BCUT2D eigenvalue weighted by molar-refractivity contribution is -0.147. The zero-order chi connectivity index (χ0) is 14.9. The Kier molecular flexibility index (Phi) is 3.88. The van der Waals surface area contributed by atoms with Crippen molar-refractivity contribution < 1.29 is 19.1 Å². The Morgan fingerprint density at radius 2 is 2.10 bits per heavy atom. The Hall–Kier alpha value is -1.78. The summed E-state index contributed by atoms with van der Waals surface area (Å²) < 4.78 is 5.62. The molecule has 0 spiro atoms. The molecule has 0 aliphatic carbocycles. The van der Waals surface area contributed by atoms with Crippen LogP contribution in [0.15, 0.2) is 10.5 Å². The Morgan fingerprint density at radius 3 is 2.55 bits per heavy atom. The molecule has 1 aliphatic rings. The molecule has 1 fully saturated rings. The summed E-state index contributed by atoms with van der Waals surface area (Å²) in [6, 6.07) is 1.79. The fourth-order valence-electron chi connectivity index (χ4n) is 2.64. The number of aliphatic carboxylic acids is 1. The molecule has 110 valence electrons. The van der Waals surface area contributed by atoms with Crippen LogP contribution < -0.4 is 0 Å². The van der Waals surface area contributed by atoms with E-state index in [4.69, 9.17) is 4.42 Å². The molecule has 1 unspecified atom stereocenters. The lowest BCUT2D eigenvalue weighted by Gasteiger charge is -2.19. The highest BCUT2D eigenvalue weighted by Gasteiger charge is 2.42. The van der Waals surface area contributed by atoms with Gasteiger partial charge in [0, 0.05) is 19.5 Å². The predicted octanol–water partition coefficient (Wildman–Crippen LogP) is 2.34. The minimum atomic E-state index is -0.851. The summed E-state index contributed by atoms with van der Waals surface area (Å²) in [5.74, 6) is 0.115. The van der Waals surface area contributed by atoms with Crippen LogP contribution >= 0.6 is 0 Å². The second-order valence-electron chi connectivity index (χ2n) is 5.61. The molecule has 1 atom stereocenters. The van der Waals surface area contributed by atoms with E-state index in [-0.39, 0.29) is 12.5 Å². The van der Waals surface area contributed by atoms with Crippen molar-refractivity contribution in [3.63, 3.8) is 0 Å². The van der Waals surface area contributed by atoms with Crippen LogP contribution in [0.5, 0.6) is 0 Å². The Bertz CT molecular complexity index is 512. The first-order chi connectivity index (χ1) is 9.41. The van der Waals surface area contributed by atoms with E-state index < -0.39 is 11.4 Å². The molecule has 5 nitrogen and oxygen atoms in total. The minimum Gasteiger partial charge on any atom is -0.481 e. The summed E-state index contributed by atoms with van der Waals surface area (Å²) in [7, 11) is 0. The van der Waals surface area contributed by atoms with Crippen molar-refractivity contribution >= 4 is 11.9 Å². The normalized spacial score (nSPS) is 22.2. The zero-order valence-electron chi connectivity index (χ0n) is 12.2. The number of carboxylic acids is 1. The van der Waals surface area contributed by atoms with Gasteiger partial charge < -0.3 is 14.4 Å². The highest BCUT2D eigenvalue weighted by molar-refractivity contribution is 5.92. The molecule has 0 bridgehead atoms. The van der Waals surface area contributed by atoms with Crippen LogP contribution in [-0.4, -0.2) is 35.0 Å². The van der Waals surface area contributed by atoms with E-state index in [9.17, 15) is 14.7 Å². The molecule has 20 heavy (non-hydrogen) atoms. The van der Waals surface area contributed by atoms with E-state index in [0.717, 1.165) is 24.2 Å². The van der Waals surface area contributed by atoms with Crippen LogP contribution in [0.4, 0.5) is 0 Å². The van der Waals surface area contributed by atoms with Gasteiger partial charge in [0.25, 0.3) is 5.91 Å². The number of rotatable bonds is 4. The predicted molar refractivity (Wildman–Crippen MR) is 73.7 cm³/mol. The third kappa shape index (κ3) is 2.44. The second kappa shape index (κ2) is 5.31. The first-order valence-corrected chi connectivity index (χ1v) is 7.05. The summed E-state index contributed by atoms with van der Waals surface area (Å²) in [5.41, 5.74) is 0.208. The number of aryl methyl sites for hydroxylation is 2. The van der Waals surface area contributed by atoms with Gasteiger partial charge in [0.15, 0.2) is 5.76 Å². The summed E-state index contributed by atoms with van der Waals surface area (Å²) in [6.45, 7) is 6.40. The van der Waals surface area contributed by atoms with E-state index >= 15 is 0 Å². The maximum absolute atomic E-state index is 12.4. The van der Waals surface area contributed by atoms with Crippen LogP contribution in [0.3, 0.4) is 0 Å². The number of amides is 1. The zero-order valence-corrected chi connectivity index (χ0v) is 12.2. The van der Waals surface area contributed by atoms with Crippen molar-refractivity contribution in [2.75, 3.05) is 13.1 Å². The number of hydrogen-bond acceptors (Lipinski definition) is 3. The molecule has 0 radical (unpaired) electrons. The van der Waals surface area contributed by atoms with Crippen molar-refractivity contribution in [3.8, 4) is 0 Å². The highest BCUT2D eigenvalue weighted by Crippen LogP contribution is 2.31. The fraction of sp³-hybridized carbons (Fsp3) is 0.600. The third-order valence-electron chi connectivity index (χ3n) is 4.09. The van der Waals surface area contributed by atoms with Crippen molar-refractivity contribution in [2.45, 2.75) is 40.0 Å². The standard InChI is InChI=1S/C15H21NO4/c1-4-10-8-12(20-11(10)5-2)13(17)16-7-6-15(3,9-16)14(18)19/h8H,4-7,9H2,1-3H3,(H,18,19). The Morgan fingerprint density at radius 1 is 1.40 bits per heavy atom. The van der Waals surface area contributed by atoms with Crippen molar-refractivity contribution in [1.82, 2.24) is 4.90 Å². The summed E-state index contributed by atoms with van der Waals surface area (Å²) >= 11 is 0. The number of nitrogens with zero attached hydrogens (tertiary/aromatic N) is 1. The third-order valence-corrected chi connectivity index (χ3v) is 4.09. The van der Waals surface area contributed by atoms with Gasteiger partial charge >= 0.3 is 5.97 Å². The van der Waals surface area contributed by atoms with Crippen molar-refractivity contribution in [2.24, 2.45) is 5.41 Å². The number of likely N-dealkylation sites (tertiary alicyclic amines) is 1. The number of furan rings is 1. The molecule has 1 saturated heterocycles. The van der Waals surface area contributed by atoms with Gasteiger partial charge in [-0.1, -0.05) is 13.8 Å². The van der Waals surface area contributed by atoms with Crippen molar-refractivity contribution in [1.29, 1.82) is 0 Å². The van der Waals surface area contributed by atoms with E-state index in [1.165, 1.54) is 0 Å². The molecule has 2 heterocycles. The van der Waals surface area contributed by atoms with Gasteiger partial charge in [0.2, 0.25) is 0 Å². The smallest absolute Gasteiger partial charge is 0.311 e. The Balaban J connectivity index is 2.17. The van der Waals surface area contributed by atoms with Crippen LogP contribution in [0, 0.1) is 5.41 Å². The molecule has 1 aromatic heterocycles. The van der Waals surface area contributed by atoms with E-state index in [2.05, 4.69) is 0 Å². The van der Waals surface area contributed by atoms with E-state index in [1.807, 2.05) is 13.8 Å². The van der Waals surface area contributed by atoms with Gasteiger partial charge in [-0.05, 0) is 31.4 Å². The van der Waals surface area contributed by atoms with E-state index in [0.29, 0.717) is 18.7 Å². The largest absolute Gasteiger partial charge is 0.481 e. The quantitative estimate of drug-likeness (QED) is 0.918. The van der Waals surface area contributed by atoms with Crippen molar-refractivity contribution in [3.05, 3.63) is 23.2 Å². The van der Waals surface area contributed by atoms with E-state index in [1.54, 1.807) is 17.9 Å². The molecule has 5 heteroatoms. The molecular formula is C15H21NO4. The molecule has 1 N–H and O–H groups in total. The summed E-state index contributed by atoms with van der Waals surface area (Å²) in [4.78, 5) is 25.2. The number of carbonyl (C=O) groups is 2. The molecule has 0 saturated carbocycles. The van der Waals surface area contributed by atoms with Gasteiger partial charge in [0.05, 0.1) is 5.41 Å². The number of hydrogen-bond donors (Lipinski definition) is 1. The molecule has 1 amide bonds. The highest BCUT2D eigenvalue weighted by atomic mass is 16.4. The van der Waals surface area contributed by atoms with Gasteiger partial charge in [-0.15, -0.1) is 0 Å². The molecule has 1 aliphatic heterocycles. The lowest BCUT2D eigenvalue weighted by Crippen LogP contribution is -2.34. The van der Waals surface area contributed by atoms with Gasteiger partial charge in [-0.25, -0.2) is 0 Å². The van der Waals surface area contributed by atoms with Crippen LogP contribution in [-0.2, 0) is 17.6 Å². The molecule has 0 aromatic carbocycles. The summed E-state index contributed by atoms with van der Waals surface area (Å²) in [6.07, 6.45) is 2.06. The first kappa shape index (κ1) is 14.6. The molecule has 2 rings (SSSR count). The number of carboxylic acid groups (broad SMARTS) is 1.